The Balaban J connectivity index is 2.92. The Morgan fingerprint density at radius 3 is 2.24 bits per heavy atom. The number of nitrogens with two attached hydrogens (primary N) is 1. The minimum Gasteiger partial charge on any atom is -0.330 e. The maximum atomic E-state index is 5.70. The highest BCUT2D eigenvalue weighted by atomic mass is 14.9. The second-order valence-electron chi connectivity index (χ2n) is 5.34. The molecule has 0 aliphatic carbocycles. The molecule has 0 aliphatic rings. The second kappa shape index (κ2) is 6.18. The van der Waals surface area contributed by atoms with Gasteiger partial charge in [-0.3, -0.25) is 0 Å². The number of aryl methyl sites for hydroxylation is 1. The Morgan fingerprint density at radius 2 is 1.82 bits per heavy atom. The smallest absolute Gasteiger partial charge is 0.0369 e. The monoisotopic (exact) mass is 234 g/mol. The Labute approximate surface area is 106 Å². The van der Waals surface area contributed by atoms with Crippen LogP contribution in [0.5, 0.6) is 0 Å². The first kappa shape index (κ1) is 14.2. The van der Waals surface area contributed by atoms with E-state index in [4.69, 9.17) is 5.73 Å². The van der Waals surface area contributed by atoms with Gasteiger partial charge in [-0.1, -0.05) is 45.0 Å². The largest absolute Gasteiger partial charge is 0.330 e. The van der Waals surface area contributed by atoms with E-state index in [1.807, 2.05) is 7.05 Å². The number of rotatable bonds is 6. The maximum absolute atomic E-state index is 5.70. The summed E-state index contributed by atoms with van der Waals surface area (Å²) in [5, 5.41) is 3.43. The lowest BCUT2D eigenvalue weighted by Crippen LogP contribution is -2.33. The van der Waals surface area contributed by atoms with Crippen LogP contribution in [0.2, 0.25) is 0 Å². The van der Waals surface area contributed by atoms with Crippen molar-refractivity contribution in [3.05, 3.63) is 35.4 Å². The molecule has 0 radical (unpaired) electrons. The zero-order valence-corrected chi connectivity index (χ0v) is 11.6. The first-order chi connectivity index (χ1) is 8.05. The van der Waals surface area contributed by atoms with Crippen molar-refractivity contribution >= 4 is 0 Å². The predicted molar refractivity (Wildman–Crippen MR) is 75.1 cm³/mol. The summed E-state index contributed by atoms with van der Waals surface area (Å²) in [6.07, 6.45) is 2.12. The number of nitrogens with one attached hydrogen (secondary N) is 1. The van der Waals surface area contributed by atoms with Gasteiger partial charge in [-0.2, -0.15) is 0 Å². The minimum atomic E-state index is 0.178. The SMILES string of the molecule is CCc1ccc(C(NC)C(C)(C)CCN)cc1. The minimum absolute atomic E-state index is 0.178. The molecule has 0 heterocycles. The van der Waals surface area contributed by atoms with E-state index in [0.717, 1.165) is 19.4 Å². The van der Waals surface area contributed by atoms with Crippen LogP contribution in [0.4, 0.5) is 0 Å². The maximum Gasteiger partial charge on any atom is 0.0369 e. The van der Waals surface area contributed by atoms with Gasteiger partial charge >= 0.3 is 0 Å². The molecular weight excluding hydrogens is 208 g/mol. The highest BCUT2D eigenvalue weighted by Crippen LogP contribution is 2.35. The molecule has 2 nitrogen and oxygen atoms in total. The van der Waals surface area contributed by atoms with Crippen molar-refractivity contribution in [3.8, 4) is 0 Å². The average molecular weight is 234 g/mol. The number of hydrogen-bond donors (Lipinski definition) is 2. The molecular formula is C15H26N2. The first-order valence-corrected chi connectivity index (χ1v) is 6.51. The summed E-state index contributed by atoms with van der Waals surface area (Å²) in [5.74, 6) is 0. The van der Waals surface area contributed by atoms with E-state index < -0.39 is 0 Å². The standard InChI is InChI=1S/C15H26N2/c1-5-12-6-8-13(9-7-12)14(17-4)15(2,3)10-11-16/h6-9,14,17H,5,10-11,16H2,1-4H3. The fraction of sp³-hybridized carbons (Fsp3) is 0.600. The van der Waals surface area contributed by atoms with Gasteiger partial charge < -0.3 is 11.1 Å². The van der Waals surface area contributed by atoms with Crippen LogP contribution in [0, 0.1) is 5.41 Å². The van der Waals surface area contributed by atoms with Gasteiger partial charge in [0.15, 0.2) is 0 Å². The summed E-state index contributed by atoms with van der Waals surface area (Å²) in [7, 11) is 2.02. The highest BCUT2D eigenvalue weighted by molar-refractivity contribution is 5.26. The molecule has 2 heteroatoms. The van der Waals surface area contributed by atoms with Crippen molar-refractivity contribution in [2.45, 2.75) is 39.7 Å². The molecule has 0 fully saturated rings. The van der Waals surface area contributed by atoms with Gasteiger partial charge in [0.25, 0.3) is 0 Å². The molecule has 0 bridgehead atoms. The zero-order chi connectivity index (χ0) is 12.9. The molecule has 1 aromatic carbocycles. The van der Waals surface area contributed by atoms with Gasteiger partial charge in [-0.05, 0) is 43.0 Å². The summed E-state index contributed by atoms with van der Waals surface area (Å²) < 4.78 is 0. The van der Waals surface area contributed by atoms with Crippen LogP contribution in [0.15, 0.2) is 24.3 Å². The molecule has 0 aromatic heterocycles. The first-order valence-electron chi connectivity index (χ1n) is 6.51. The Bertz CT molecular complexity index is 327. The van der Waals surface area contributed by atoms with Gasteiger partial charge in [0.2, 0.25) is 0 Å². The van der Waals surface area contributed by atoms with Crippen molar-refractivity contribution < 1.29 is 0 Å². The van der Waals surface area contributed by atoms with Gasteiger partial charge in [0.1, 0.15) is 0 Å². The van der Waals surface area contributed by atoms with E-state index in [1.165, 1.54) is 11.1 Å². The van der Waals surface area contributed by atoms with Crippen LogP contribution in [0.3, 0.4) is 0 Å². The van der Waals surface area contributed by atoms with E-state index in [2.05, 4.69) is 50.4 Å². The van der Waals surface area contributed by atoms with E-state index in [-0.39, 0.29) is 5.41 Å². The van der Waals surface area contributed by atoms with E-state index in [0.29, 0.717) is 6.04 Å². The van der Waals surface area contributed by atoms with Crippen molar-refractivity contribution in [1.82, 2.24) is 5.32 Å². The number of hydrogen-bond acceptors (Lipinski definition) is 2. The third-order valence-corrected chi connectivity index (χ3v) is 3.58. The fourth-order valence-corrected chi connectivity index (χ4v) is 2.47. The quantitative estimate of drug-likeness (QED) is 0.794. The van der Waals surface area contributed by atoms with Crippen LogP contribution in [-0.4, -0.2) is 13.6 Å². The lowest BCUT2D eigenvalue weighted by atomic mass is 9.77. The Morgan fingerprint density at radius 1 is 1.24 bits per heavy atom. The van der Waals surface area contributed by atoms with Gasteiger partial charge in [-0.25, -0.2) is 0 Å². The summed E-state index contributed by atoms with van der Waals surface area (Å²) in [4.78, 5) is 0. The van der Waals surface area contributed by atoms with Gasteiger partial charge in [-0.15, -0.1) is 0 Å². The third kappa shape index (κ3) is 3.55. The predicted octanol–water partition coefficient (Wildman–Crippen LogP) is 2.88. The molecule has 1 unspecified atom stereocenters. The lowest BCUT2D eigenvalue weighted by molar-refractivity contribution is 0.239. The topological polar surface area (TPSA) is 38.0 Å². The molecule has 1 atom stereocenters. The summed E-state index contributed by atoms with van der Waals surface area (Å²) >= 11 is 0. The summed E-state index contributed by atoms with van der Waals surface area (Å²) in [6, 6.07) is 9.27. The summed E-state index contributed by atoms with van der Waals surface area (Å²) in [5.41, 5.74) is 8.62. The Kier molecular flexibility index (Phi) is 5.16. The molecule has 0 saturated carbocycles. The molecule has 1 rings (SSSR count). The summed E-state index contributed by atoms with van der Waals surface area (Å²) in [6.45, 7) is 7.46. The average Bonchev–Trinajstić information content (AvgIpc) is 2.30. The van der Waals surface area contributed by atoms with Crippen molar-refractivity contribution in [3.63, 3.8) is 0 Å². The Hall–Kier alpha value is -0.860. The van der Waals surface area contributed by atoms with Crippen molar-refractivity contribution in [2.24, 2.45) is 11.1 Å². The molecule has 96 valence electrons. The molecule has 3 N–H and O–H groups in total. The van der Waals surface area contributed by atoms with Crippen LogP contribution in [0.1, 0.15) is 44.4 Å². The molecule has 1 aromatic rings. The van der Waals surface area contributed by atoms with Crippen molar-refractivity contribution in [2.75, 3.05) is 13.6 Å². The van der Waals surface area contributed by atoms with Crippen LogP contribution in [-0.2, 0) is 6.42 Å². The lowest BCUT2D eigenvalue weighted by Gasteiger charge is -2.34. The van der Waals surface area contributed by atoms with Gasteiger partial charge in [0.05, 0.1) is 0 Å². The van der Waals surface area contributed by atoms with Crippen LogP contribution in [0.25, 0.3) is 0 Å². The molecule has 0 amide bonds. The highest BCUT2D eigenvalue weighted by Gasteiger charge is 2.28. The number of benzene rings is 1. The fourth-order valence-electron chi connectivity index (χ4n) is 2.47. The van der Waals surface area contributed by atoms with E-state index >= 15 is 0 Å². The molecule has 0 saturated heterocycles. The van der Waals surface area contributed by atoms with Crippen LogP contribution < -0.4 is 11.1 Å². The van der Waals surface area contributed by atoms with Gasteiger partial charge in [0, 0.05) is 6.04 Å². The second-order valence-corrected chi connectivity index (χ2v) is 5.34. The zero-order valence-electron chi connectivity index (χ0n) is 11.6. The normalized spacial score (nSPS) is 13.7. The van der Waals surface area contributed by atoms with E-state index in [9.17, 15) is 0 Å². The third-order valence-electron chi connectivity index (χ3n) is 3.58. The van der Waals surface area contributed by atoms with Crippen LogP contribution >= 0.6 is 0 Å². The molecule has 0 spiro atoms. The van der Waals surface area contributed by atoms with E-state index in [1.54, 1.807) is 0 Å². The molecule has 0 aliphatic heterocycles. The van der Waals surface area contributed by atoms with Crippen molar-refractivity contribution in [1.29, 1.82) is 0 Å². The molecule has 17 heavy (non-hydrogen) atoms.